The second kappa shape index (κ2) is 8.12. The number of anilines is 1. The van der Waals surface area contributed by atoms with Gasteiger partial charge in [0.1, 0.15) is 0 Å². The first-order chi connectivity index (χ1) is 10.2. The highest BCUT2D eigenvalue weighted by Crippen LogP contribution is 2.28. The molecule has 1 heterocycles. The predicted octanol–water partition coefficient (Wildman–Crippen LogP) is 2.90. The number of aromatic nitrogens is 1. The molecule has 0 spiro atoms. The van der Waals surface area contributed by atoms with E-state index in [2.05, 4.69) is 10.3 Å². The summed E-state index contributed by atoms with van der Waals surface area (Å²) in [5.74, 6) is 0.608. The van der Waals surface area contributed by atoms with Crippen LogP contribution in [-0.2, 0) is 9.59 Å². The van der Waals surface area contributed by atoms with Gasteiger partial charge in [0.05, 0.1) is 6.54 Å². The van der Waals surface area contributed by atoms with E-state index in [1.54, 1.807) is 16.5 Å². The van der Waals surface area contributed by atoms with Crippen LogP contribution in [0.3, 0.4) is 0 Å². The van der Waals surface area contributed by atoms with Crippen molar-refractivity contribution >= 4 is 28.3 Å². The Morgan fingerprint density at radius 2 is 2.19 bits per heavy atom. The zero-order valence-corrected chi connectivity index (χ0v) is 13.3. The SMILES string of the molecule is CCN(CC(=O)Nc1nccs1)C(=O)CCC1CCCC1. The van der Waals surface area contributed by atoms with Crippen LogP contribution in [0.5, 0.6) is 0 Å². The fourth-order valence-corrected chi connectivity index (χ4v) is 3.32. The maximum atomic E-state index is 12.2. The van der Waals surface area contributed by atoms with Crippen molar-refractivity contribution in [1.82, 2.24) is 9.88 Å². The lowest BCUT2D eigenvalue weighted by Gasteiger charge is -2.20. The summed E-state index contributed by atoms with van der Waals surface area (Å²) in [4.78, 5) is 29.7. The van der Waals surface area contributed by atoms with Gasteiger partial charge in [-0.15, -0.1) is 11.3 Å². The van der Waals surface area contributed by atoms with Crippen LogP contribution in [0.25, 0.3) is 0 Å². The monoisotopic (exact) mass is 309 g/mol. The van der Waals surface area contributed by atoms with Crippen molar-refractivity contribution in [3.63, 3.8) is 0 Å². The van der Waals surface area contributed by atoms with Crippen molar-refractivity contribution in [2.75, 3.05) is 18.4 Å². The minimum absolute atomic E-state index is 0.0821. The zero-order valence-electron chi connectivity index (χ0n) is 12.5. The summed E-state index contributed by atoms with van der Waals surface area (Å²) >= 11 is 1.37. The molecule has 5 nitrogen and oxygen atoms in total. The summed E-state index contributed by atoms with van der Waals surface area (Å²) in [7, 11) is 0. The largest absolute Gasteiger partial charge is 0.334 e. The summed E-state index contributed by atoms with van der Waals surface area (Å²) in [6, 6.07) is 0. The normalized spacial score (nSPS) is 15.1. The molecule has 1 fully saturated rings. The van der Waals surface area contributed by atoms with E-state index >= 15 is 0 Å². The Morgan fingerprint density at radius 1 is 1.43 bits per heavy atom. The van der Waals surface area contributed by atoms with Gasteiger partial charge in [0.2, 0.25) is 11.8 Å². The fraction of sp³-hybridized carbons (Fsp3) is 0.667. The Morgan fingerprint density at radius 3 is 2.81 bits per heavy atom. The van der Waals surface area contributed by atoms with Crippen molar-refractivity contribution in [3.05, 3.63) is 11.6 Å². The molecule has 6 heteroatoms. The lowest BCUT2D eigenvalue weighted by molar-refractivity contribution is -0.134. The van der Waals surface area contributed by atoms with E-state index in [1.165, 1.54) is 37.0 Å². The summed E-state index contributed by atoms with van der Waals surface area (Å²) in [5.41, 5.74) is 0. The van der Waals surface area contributed by atoms with Crippen LogP contribution in [-0.4, -0.2) is 34.8 Å². The Kier molecular flexibility index (Phi) is 6.17. The second-order valence-electron chi connectivity index (χ2n) is 5.48. The van der Waals surface area contributed by atoms with E-state index in [0.717, 1.165) is 6.42 Å². The number of amides is 2. The van der Waals surface area contributed by atoms with Gasteiger partial charge in [0.25, 0.3) is 0 Å². The van der Waals surface area contributed by atoms with Gasteiger partial charge < -0.3 is 10.2 Å². The maximum Gasteiger partial charge on any atom is 0.245 e. The van der Waals surface area contributed by atoms with E-state index in [4.69, 9.17) is 0 Å². The highest BCUT2D eigenvalue weighted by molar-refractivity contribution is 7.13. The lowest BCUT2D eigenvalue weighted by Crippen LogP contribution is -2.37. The first-order valence-corrected chi connectivity index (χ1v) is 8.54. The number of hydrogen-bond donors (Lipinski definition) is 1. The molecule has 116 valence electrons. The average molecular weight is 309 g/mol. The molecule has 1 saturated carbocycles. The quantitative estimate of drug-likeness (QED) is 0.842. The highest BCUT2D eigenvalue weighted by atomic mass is 32.1. The van der Waals surface area contributed by atoms with Crippen LogP contribution in [0.2, 0.25) is 0 Å². The van der Waals surface area contributed by atoms with Gasteiger partial charge in [0.15, 0.2) is 5.13 Å². The third kappa shape index (κ3) is 5.12. The fourth-order valence-electron chi connectivity index (χ4n) is 2.78. The maximum absolute atomic E-state index is 12.2. The predicted molar refractivity (Wildman–Crippen MR) is 84.2 cm³/mol. The van der Waals surface area contributed by atoms with Gasteiger partial charge in [-0.2, -0.15) is 0 Å². The third-order valence-corrected chi connectivity index (χ3v) is 4.68. The van der Waals surface area contributed by atoms with Crippen LogP contribution in [0.15, 0.2) is 11.6 Å². The van der Waals surface area contributed by atoms with Gasteiger partial charge in [-0.1, -0.05) is 25.7 Å². The van der Waals surface area contributed by atoms with Crippen LogP contribution in [0.1, 0.15) is 45.4 Å². The van der Waals surface area contributed by atoms with E-state index in [1.807, 2.05) is 6.92 Å². The van der Waals surface area contributed by atoms with E-state index in [9.17, 15) is 9.59 Å². The summed E-state index contributed by atoms with van der Waals surface area (Å²) in [5, 5.41) is 5.10. The molecule has 0 atom stereocenters. The Bertz CT molecular complexity index is 455. The Balaban J connectivity index is 1.75. The molecule has 0 radical (unpaired) electrons. The lowest BCUT2D eigenvalue weighted by atomic mass is 10.0. The molecule has 1 N–H and O–H groups in total. The molecule has 0 aromatic carbocycles. The first kappa shape index (κ1) is 15.9. The molecule has 1 aromatic heterocycles. The number of carbonyl (C=O) groups excluding carboxylic acids is 2. The van der Waals surface area contributed by atoms with Crippen LogP contribution < -0.4 is 5.32 Å². The van der Waals surface area contributed by atoms with Gasteiger partial charge in [-0.25, -0.2) is 4.98 Å². The standard InChI is InChI=1S/C15H23N3O2S/c1-2-18(11-13(19)17-15-16-9-10-21-15)14(20)8-7-12-5-3-4-6-12/h9-10,12H,2-8,11H2,1H3,(H,16,17,19). The summed E-state index contributed by atoms with van der Waals surface area (Å²) in [6.45, 7) is 2.58. The smallest absolute Gasteiger partial charge is 0.245 e. The molecule has 1 aliphatic rings. The van der Waals surface area contributed by atoms with Crippen molar-refractivity contribution in [1.29, 1.82) is 0 Å². The van der Waals surface area contributed by atoms with Gasteiger partial charge in [-0.05, 0) is 19.3 Å². The molecule has 0 aliphatic heterocycles. The number of hydrogen-bond acceptors (Lipinski definition) is 4. The third-order valence-electron chi connectivity index (χ3n) is 3.99. The first-order valence-electron chi connectivity index (χ1n) is 7.66. The van der Waals surface area contributed by atoms with Crippen LogP contribution >= 0.6 is 11.3 Å². The van der Waals surface area contributed by atoms with Crippen molar-refractivity contribution in [3.8, 4) is 0 Å². The molecule has 2 rings (SSSR count). The molecule has 0 saturated heterocycles. The molecule has 0 bridgehead atoms. The van der Waals surface area contributed by atoms with Crippen LogP contribution in [0.4, 0.5) is 5.13 Å². The molecule has 1 aromatic rings. The van der Waals surface area contributed by atoms with Crippen LogP contribution in [0, 0.1) is 5.92 Å². The van der Waals surface area contributed by atoms with Crippen molar-refractivity contribution < 1.29 is 9.59 Å². The van der Waals surface area contributed by atoms with Crippen molar-refractivity contribution in [2.24, 2.45) is 5.92 Å². The minimum Gasteiger partial charge on any atom is -0.334 e. The van der Waals surface area contributed by atoms with Gasteiger partial charge >= 0.3 is 0 Å². The number of nitrogens with zero attached hydrogens (tertiary/aromatic N) is 2. The molecular formula is C15H23N3O2S. The number of likely N-dealkylation sites (N-methyl/N-ethyl adjacent to an activating group) is 1. The van der Waals surface area contributed by atoms with E-state index in [0.29, 0.717) is 24.0 Å². The summed E-state index contributed by atoms with van der Waals surface area (Å²) in [6.07, 6.45) is 8.27. The molecule has 1 aliphatic carbocycles. The van der Waals surface area contributed by atoms with Gasteiger partial charge in [-0.3, -0.25) is 9.59 Å². The molecule has 21 heavy (non-hydrogen) atoms. The average Bonchev–Trinajstić information content (AvgIpc) is 3.15. The van der Waals surface area contributed by atoms with Gasteiger partial charge in [0, 0.05) is 24.5 Å². The number of rotatable bonds is 7. The topological polar surface area (TPSA) is 62.3 Å². The second-order valence-corrected chi connectivity index (χ2v) is 6.38. The minimum atomic E-state index is -0.180. The zero-order chi connectivity index (χ0) is 15.1. The number of carbonyl (C=O) groups is 2. The molecule has 2 amide bonds. The Labute approximate surface area is 129 Å². The molecular weight excluding hydrogens is 286 g/mol. The number of nitrogens with one attached hydrogen (secondary N) is 1. The molecule has 0 unspecified atom stereocenters. The Hall–Kier alpha value is -1.43. The highest BCUT2D eigenvalue weighted by Gasteiger charge is 2.20. The van der Waals surface area contributed by atoms with E-state index < -0.39 is 0 Å². The summed E-state index contributed by atoms with van der Waals surface area (Å²) < 4.78 is 0. The van der Waals surface area contributed by atoms with Crippen molar-refractivity contribution in [2.45, 2.75) is 45.4 Å². The van der Waals surface area contributed by atoms with E-state index in [-0.39, 0.29) is 18.4 Å². The number of thiazole rings is 1.